The van der Waals surface area contributed by atoms with Crippen LogP contribution in [0.4, 0.5) is 17.1 Å². The maximum Gasteiger partial charge on any atom is 0.315 e. The molecule has 0 aliphatic heterocycles. The monoisotopic (exact) mass is 280 g/mol. The molecule has 0 amide bonds. The predicted octanol–water partition coefficient (Wildman–Crippen LogP) is 2.20. The summed E-state index contributed by atoms with van der Waals surface area (Å²) in [5.74, 6) is 0.415. The summed E-state index contributed by atoms with van der Waals surface area (Å²) in [5.41, 5.74) is 6.59. The number of para-hydroxylation sites is 1. The van der Waals surface area contributed by atoms with Crippen molar-refractivity contribution in [2.75, 3.05) is 44.4 Å². The molecule has 0 saturated heterocycles. The Morgan fingerprint density at radius 3 is 2.45 bits per heavy atom. The minimum Gasteiger partial charge on any atom is -0.393 e. The largest absolute Gasteiger partial charge is 0.393 e. The molecule has 0 atom stereocenters. The molecule has 1 rings (SSSR count). The van der Waals surface area contributed by atoms with E-state index in [4.69, 9.17) is 5.73 Å². The van der Waals surface area contributed by atoms with Gasteiger partial charge in [-0.1, -0.05) is 19.9 Å². The number of nitrogens with zero attached hydrogens (tertiary/aromatic N) is 3. The summed E-state index contributed by atoms with van der Waals surface area (Å²) in [7, 11) is 3.97. The number of nitro groups is 1. The molecule has 0 aliphatic rings. The van der Waals surface area contributed by atoms with Gasteiger partial charge >= 0.3 is 5.69 Å². The summed E-state index contributed by atoms with van der Waals surface area (Å²) < 4.78 is 0. The number of likely N-dealkylation sites (N-methyl/N-ethyl adjacent to an activating group) is 1. The first-order valence-electron chi connectivity index (χ1n) is 6.75. The van der Waals surface area contributed by atoms with E-state index in [1.807, 2.05) is 19.0 Å². The van der Waals surface area contributed by atoms with Crippen molar-refractivity contribution >= 4 is 17.1 Å². The molecule has 112 valence electrons. The van der Waals surface area contributed by atoms with Gasteiger partial charge in [-0.2, -0.15) is 0 Å². The Morgan fingerprint density at radius 1 is 1.30 bits per heavy atom. The minimum absolute atomic E-state index is 0.00639. The van der Waals surface area contributed by atoms with E-state index in [1.54, 1.807) is 18.2 Å². The highest BCUT2D eigenvalue weighted by molar-refractivity contribution is 5.75. The predicted molar refractivity (Wildman–Crippen MR) is 83.1 cm³/mol. The molecule has 0 heterocycles. The number of rotatable bonds is 7. The van der Waals surface area contributed by atoms with E-state index in [-0.39, 0.29) is 11.4 Å². The molecule has 0 aromatic heterocycles. The van der Waals surface area contributed by atoms with Crippen LogP contribution in [0.15, 0.2) is 18.2 Å². The zero-order chi connectivity index (χ0) is 15.3. The van der Waals surface area contributed by atoms with E-state index in [2.05, 4.69) is 18.7 Å². The molecule has 0 saturated carbocycles. The molecular weight excluding hydrogens is 256 g/mol. The molecule has 0 aliphatic carbocycles. The summed E-state index contributed by atoms with van der Waals surface area (Å²) in [6.45, 7) is 6.52. The number of hydrogen-bond acceptors (Lipinski definition) is 5. The van der Waals surface area contributed by atoms with Gasteiger partial charge < -0.3 is 15.5 Å². The fourth-order valence-electron chi connectivity index (χ4n) is 2.07. The molecule has 0 bridgehead atoms. The maximum atomic E-state index is 11.3. The Hall–Kier alpha value is -1.82. The van der Waals surface area contributed by atoms with Crippen LogP contribution in [0.3, 0.4) is 0 Å². The van der Waals surface area contributed by atoms with Crippen LogP contribution >= 0.6 is 0 Å². The van der Waals surface area contributed by atoms with Gasteiger partial charge in [0.2, 0.25) is 0 Å². The third kappa shape index (κ3) is 4.38. The minimum atomic E-state index is -0.395. The molecule has 1 aromatic carbocycles. The fourth-order valence-corrected chi connectivity index (χ4v) is 2.07. The highest BCUT2D eigenvalue weighted by Gasteiger charge is 2.22. The number of nitrogen functional groups attached to an aromatic ring is 1. The number of hydrogen-bond donors (Lipinski definition) is 1. The van der Waals surface area contributed by atoms with Crippen molar-refractivity contribution in [3.05, 3.63) is 28.3 Å². The van der Waals surface area contributed by atoms with Gasteiger partial charge in [-0.25, -0.2) is 0 Å². The number of anilines is 2. The Morgan fingerprint density at radius 2 is 1.95 bits per heavy atom. The van der Waals surface area contributed by atoms with Crippen LogP contribution in [0, 0.1) is 16.0 Å². The second-order valence-electron chi connectivity index (χ2n) is 5.62. The standard InChI is InChI=1S/C14H24N4O2/c1-11(2)10-17(9-8-16(3)4)13-7-5-6-12(15)14(13)18(19)20/h5-7,11H,8-10,15H2,1-4H3. The highest BCUT2D eigenvalue weighted by atomic mass is 16.6. The molecule has 6 heteroatoms. The second-order valence-corrected chi connectivity index (χ2v) is 5.62. The van der Waals surface area contributed by atoms with E-state index in [9.17, 15) is 10.1 Å². The lowest BCUT2D eigenvalue weighted by Crippen LogP contribution is -2.34. The summed E-state index contributed by atoms with van der Waals surface area (Å²) in [6, 6.07) is 5.11. The van der Waals surface area contributed by atoms with Gasteiger partial charge in [0.15, 0.2) is 0 Å². The molecule has 0 unspecified atom stereocenters. The molecule has 2 N–H and O–H groups in total. The molecular formula is C14H24N4O2. The lowest BCUT2D eigenvalue weighted by atomic mass is 10.1. The van der Waals surface area contributed by atoms with Crippen molar-refractivity contribution < 1.29 is 4.92 Å². The van der Waals surface area contributed by atoms with E-state index in [0.29, 0.717) is 11.6 Å². The first-order chi connectivity index (χ1) is 9.32. The average molecular weight is 280 g/mol. The molecule has 0 radical (unpaired) electrons. The lowest BCUT2D eigenvalue weighted by molar-refractivity contribution is -0.383. The zero-order valence-electron chi connectivity index (χ0n) is 12.7. The van der Waals surface area contributed by atoms with Gasteiger partial charge in [0.05, 0.1) is 4.92 Å². The van der Waals surface area contributed by atoms with Crippen LogP contribution in [0.5, 0.6) is 0 Å². The quantitative estimate of drug-likeness (QED) is 0.471. The lowest BCUT2D eigenvalue weighted by Gasteiger charge is -2.28. The molecule has 20 heavy (non-hydrogen) atoms. The molecule has 6 nitrogen and oxygen atoms in total. The summed E-state index contributed by atoms with van der Waals surface area (Å²) >= 11 is 0. The van der Waals surface area contributed by atoms with Gasteiger partial charge in [-0.3, -0.25) is 10.1 Å². The SMILES string of the molecule is CC(C)CN(CCN(C)C)c1cccc(N)c1[N+](=O)[O-]. The highest BCUT2D eigenvalue weighted by Crippen LogP contribution is 2.33. The first-order valence-corrected chi connectivity index (χ1v) is 6.75. The zero-order valence-corrected chi connectivity index (χ0v) is 12.7. The topological polar surface area (TPSA) is 75.6 Å². The Balaban J connectivity index is 3.12. The van der Waals surface area contributed by atoms with Crippen LogP contribution in [-0.2, 0) is 0 Å². The molecule has 0 fully saturated rings. The van der Waals surface area contributed by atoms with Crippen molar-refractivity contribution in [1.29, 1.82) is 0 Å². The normalized spacial score (nSPS) is 11.1. The van der Waals surface area contributed by atoms with Crippen molar-refractivity contribution in [3.8, 4) is 0 Å². The summed E-state index contributed by atoms with van der Waals surface area (Å²) in [5, 5.41) is 11.3. The van der Waals surface area contributed by atoms with Crippen LogP contribution in [0.1, 0.15) is 13.8 Å². The van der Waals surface area contributed by atoms with E-state index in [0.717, 1.165) is 19.6 Å². The average Bonchev–Trinajstić information content (AvgIpc) is 2.33. The van der Waals surface area contributed by atoms with Gasteiger partial charge in [-0.05, 0) is 32.1 Å². The van der Waals surface area contributed by atoms with E-state index < -0.39 is 4.92 Å². The number of nitrogens with two attached hydrogens (primary N) is 1. The Bertz CT molecular complexity index is 460. The Labute approximate surface area is 120 Å². The smallest absolute Gasteiger partial charge is 0.315 e. The Kier molecular flexibility index (Phi) is 5.76. The van der Waals surface area contributed by atoms with Crippen molar-refractivity contribution in [1.82, 2.24) is 4.90 Å². The second kappa shape index (κ2) is 7.09. The van der Waals surface area contributed by atoms with Gasteiger partial charge in [0, 0.05) is 19.6 Å². The van der Waals surface area contributed by atoms with Gasteiger partial charge in [-0.15, -0.1) is 0 Å². The van der Waals surface area contributed by atoms with Gasteiger partial charge in [0.1, 0.15) is 11.4 Å². The van der Waals surface area contributed by atoms with Gasteiger partial charge in [0.25, 0.3) is 0 Å². The first kappa shape index (κ1) is 16.2. The fraction of sp³-hybridized carbons (Fsp3) is 0.571. The van der Waals surface area contributed by atoms with Crippen molar-refractivity contribution in [2.24, 2.45) is 5.92 Å². The third-order valence-electron chi connectivity index (χ3n) is 2.97. The molecule has 0 spiro atoms. The summed E-state index contributed by atoms with van der Waals surface area (Å²) in [6.07, 6.45) is 0. The van der Waals surface area contributed by atoms with E-state index in [1.165, 1.54) is 0 Å². The summed E-state index contributed by atoms with van der Waals surface area (Å²) in [4.78, 5) is 15.0. The van der Waals surface area contributed by atoms with Crippen LogP contribution < -0.4 is 10.6 Å². The third-order valence-corrected chi connectivity index (χ3v) is 2.97. The maximum absolute atomic E-state index is 11.3. The number of nitro benzene ring substituents is 1. The van der Waals surface area contributed by atoms with Crippen molar-refractivity contribution in [2.45, 2.75) is 13.8 Å². The molecule has 1 aromatic rings. The van der Waals surface area contributed by atoms with Crippen molar-refractivity contribution in [3.63, 3.8) is 0 Å². The van der Waals surface area contributed by atoms with Crippen LogP contribution in [0.25, 0.3) is 0 Å². The van der Waals surface area contributed by atoms with E-state index >= 15 is 0 Å². The van der Waals surface area contributed by atoms with Crippen LogP contribution in [0.2, 0.25) is 0 Å². The number of benzene rings is 1. The van der Waals surface area contributed by atoms with Crippen LogP contribution in [-0.4, -0.2) is 43.6 Å².